The molecule has 1 aliphatic carbocycles. The average molecular weight is 423 g/mol. The van der Waals surface area contributed by atoms with Crippen molar-refractivity contribution < 1.29 is 9.53 Å². The van der Waals surface area contributed by atoms with Crippen molar-refractivity contribution in [3.05, 3.63) is 33.8 Å². The SMILES string of the molecule is CN(C1CCN(C(=O)OC(C)(C)C)CC1)C1CCc2ccc(Br)cc2C1. The van der Waals surface area contributed by atoms with E-state index in [2.05, 4.69) is 46.1 Å². The van der Waals surface area contributed by atoms with Crippen LogP contribution in [0.2, 0.25) is 0 Å². The molecule has 0 bridgehead atoms. The third kappa shape index (κ3) is 4.80. The second kappa shape index (κ2) is 7.89. The molecule has 1 saturated heterocycles. The molecule has 1 amide bonds. The summed E-state index contributed by atoms with van der Waals surface area (Å²) in [6.07, 6.45) is 5.38. The van der Waals surface area contributed by atoms with E-state index < -0.39 is 5.60 Å². The standard InChI is InChI=1S/C21H31BrN2O2/c1-21(2,3)26-20(25)24-11-9-18(10-12-24)23(4)19-8-6-15-5-7-17(22)13-16(15)14-19/h5,7,13,18-19H,6,8-12,14H2,1-4H3. The highest BCUT2D eigenvalue weighted by Gasteiger charge is 2.32. The highest BCUT2D eigenvalue weighted by atomic mass is 79.9. The summed E-state index contributed by atoms with van der Waals surface area (Å²) >= 11 is 3.60. The van der Waals surface area contributed by atoms with E-state index in [1.807, 2.05) is 25.7 Å². The molecular weight excluding hydrogens is 392 g/mol. The first-order valence-corrected chi connectivity index (χ1v) is 10.5. The molecule has 0 aromatic heterocycles. The first-order valence-electron chi connectivity index (χ1n) is 9.70. The van der Waals surface area contributed by atoms with Crippen molar-refractivity contribution in [1.29, 1.82) is 0 Å². The number of likely N-dealkylation sites (tertiary alicyclic amines) is 1. The maximum atomic E-state index is 12.2. The molecule has 1 heterocycles. The lowest BCUT2D eigenvalue weighted by atomic mass is 9.86. The van der Waals surface area contributed by atoms with Crippen LogP contribution in [0.25, 0.3) is 0 Å². The van der Waals surface area contributed by atoms with Gasteiger partial charge in [-0.25, -0.2) is 4.79 Å². The van der Waals surface area contributed by atoms with Crippen LogP contribution in [0.1, 0.15) is 51.2 Å². The van der Waals surface area contributed by atoms with Crippen LogP contribution in [0.15, 0.2) is 22.7 Å². The molecule has 1 unspecified atom stereocenters. The predicted octanol–water partition coefficient (Wildman–Crippen LogP) is 4.64. The molecule has 3 rings (SSSR count). The fourth-order valence-corrected chi connectivity index (χ4v) is 4.54. The summed E-state index contributed by atoms with van der Waals surface area (Å²) in [5.41, 5.74) is 2.56. The maximum absolute atomic E-state index is 12.2. The summed E-state index contributed by atoms with van der Waals surface area (Å²) in [7, 11) is 2.27. The number of rotatable bonds is 2. The minimum absolute atomic E-state index is 0.171. The predicted molar refractivity (Wildman–Crippen MR) is 109 cm³/mol. The highest BCUT2D eigenvalue weighted by Crippen LogP contribution is 2.29. The lowest BCUT2D eigenvalue weighted by Gasteiger charge is -2.42. The first-order chi connectivity index (χ1) is 12.2. The van der Waals surface area contributed by atoms with E-state index >= 15 is 0 Å². The van der Waals surface area contributed by atoms with Crippen LogP contribution in [-0.4, -0.2) is 53.7 Å². The fraction of sp³-hybridized carbons (Fsp3) is 0.667. The van der Waals surface area contributed by atoms with Crippen LogP contribution < -0.4 is 0 Å². The number of halogens is 1. The zero-order valence-corrected chi connectivity index (χ0v) is 18.0. The van der Waals surface area contributed by atoms with Crippen molar-refractivity contribution in [2.75, 3.05) is 20.1 Å². The van der Waals surface area contributed by atoms with E-state index in [9.17, 15) is 4.79 Å². The number of hydrogen-bond donors (Lipinski definition) is 0. The van der Waals surface area contributed by atoms with Crippen LogP contribution in [-0.2, 0) is 17.6 Å². The van der Waals surface area contributed by atoms with Gasteiger partial charge in [0.05, 0.1) is 0 Å². The van der Waals surface area contributed by atoms with E-state index in [0.717, 1.165) is 38.8 Å². The number of likely N-dealkylation sites (N-methyl/N-ethyl adjacent to an activating group) is 1. The van der Waals surface area contributed by atoms with Gasteiger partial charge in [-0.1, -0.05) is 22.0 Å². The molecule has 1 atom stereocenters. The molecule has 1 aromatic carbocycles. The summed E-state index contributed by atoms with van der Waals surface area (Å²) in [4.78, 5) is 16.7. The van der Waals surface area contributed by atoms with Gasteiger partial charge in [0.15, 0.2) is 0 Å². The molecule has 5 heteroatoms. The monoisotopic (exact) mass is 422 g/mol. The van der Waals surface area contributed by atoms with E-state index in [-0.39, 0.29) is 6.09 Å². The molecule has 26 heavy (non-hydrogen) atoms. The van der Waals surface area contributed by atoms with Crippen molar-refractivity contribution in [1.82, 2.24) is 9.80 Å². The van der Waals surface area contributed by atoms with Gasteiger partial charge in [0, 0.05) is 29.6 Å². The van der Waals surface area contributed by atoms with Crippen molar-refractivity contribution in [3.63, 3.8) is 0 Å². The molecule has 0 spiro atoms. The summed E-state index contributed by atoms with van der Waals surface area (Å²) in [6.45, 7) is 7.34. The van der Waals surface area contributed by atoms with Crippen molar-refractivity contribution in [3.8, 4) is 0 Å². The van der Waals surface area contributed by atoms with Gasteiger partial charge in [-0.3, -0.25) is 4.90 Å². The molecule has 1 aliphatic heterocycles. The van der Waals surface area contributed by atoms with Gasteiger partial charge >= 0.3 is 6.09 Å². The first kappa shape index (κ1) is 19.7. The molecule has 1 fully saturated rings. The Bertz CT molecular complexity index is 648. The Hall–Kier alpha value is -1.07. The quantitative estimate of drug-likeness (QED) is 0.695. The van der Waals surface area contributed by atoms with Crippen molar-refractivity contribution >= 4 is 22.0 Å². The molecule has 4 nitrogen and oxygen atoms in total. The maximum Gasteiger partial charge on any atom is 0.410 e. The van der Waals surface area contributed by atoms with E-state index in [4.69, 9.17) is 4.74 Å². The molecule has 144 valence electrons. The molecule has 2 aliphatic rings. The molecule has 0 saturated carbocycles. The smallest absolute Gasteiger partial charge is 0.410 e. The number of aryl methyl sites for hydroxylation is 1. The van der Waals surface area contributed by atoms with Crippen molar-refractivity contribution in [2.24, 2.45) is 0 Å². The van der Waals surface area contributed by atoms with Crippen LogP contribution in [0.4, 0.5) is 4.79 Å². The number of benzene rings is 1. The lowest BCUT2D eigenvalue weighted by Crippen LogP contribution is -2.50. The zero-order valence-electron chi connectivity index (χ0n) is 16.4. The van der Waals surface area contributed by atoms with Gasteiger partial charge in [-0.2, -0.15) is 0 Å². The Morgan fingerprint density at radius 1 is 1.15 bits per heavy atom. The molecule has 0 radical (unpaired) electrons. The molecule has 0 N–H and O–H groups in total. The van der Waals surface area contributed by atoms with Gasteiger partial charge < -0.3 is 9.64 Å². The van der Waals surface area contributed by atoms with Gasteiger partial charge in [0.25, 0.3) is 0 Å². The number of nitrogens with zero attached hydrogens (tertiary/aromatic N) is 2. The third-order valence-electron chi connectivity index (χ3n) is 5.64. The fourth-order valence-electron chi connectivity index (χ4n) is 4.13. The van der Waals surface area contributed by atoms with Gasteiger partial charge in [-0.05, 0) is 83.2 Å². The van der Waals surface area contributed by atoms with Crippen LogP contribution in [0.3, 0.4) is 0 Å². The molecule has 1 aromatic rings. The van der Waals surface area contributed by atoms with Gasteiger partial charge in [-0.15, -0.1) is 0 Å². The average Bonchev–Trinajstić information content (AvgIpc) is 2.59. The lowest BCUT2D eigenvalue weighted by molar-refractivity contribution is 0.0129. The van der Waals surface area contributed by atoms with Crippen molar-refractivity contribution in [2.45, 2.75) is 70.6 Å². The second-order valence-electron chi connectivity index (χ2n) is 8.67. The highest BCUT2D eigenvalue weighted by molar-refractivity contribution is 9.10. The number of fused-ring (bicyclic) bond motifs is 1. The number of carbonyl (C=O) groups excluding carboxylic acids is 1. The van der Waals surface area contributed by atoms with E-state index in [1.54, 1.807) is 0 Å². The Morgan fingerprint density at radius 3 is 2.50 bits per heavy atom. The van der Waals surface area contributed by atoms with Crippen LogP contribution in [0.5, 0.6) is 0 Å². The topological polar surface area (TPSA) is 32.8 Å². The number of amides is 1. The Morgan fingerprint density at radius 2 is 1.85 bits per heavy atom. The number of carbonyl (C=O) groups is 1. The van der Waals surface area contributed by atoms with E-state index in [1.165, 1.54) is 22.0 Å². The Kier molecular flexibility index (Phi) is 5.97. The van der Waals surface area contributed by atoms with Crippen LogP contribution >= 0.6 is 15.9 Å². The largest absolute Gasteiger partial charge is 0.444 e. The van der Waals surface area contributed by atoms with Crippen LogP contribution in [0, 0.1) is 0 Å². The summed E-state index contributed by atoms with van der Waals surface area (Å²) < 4.78 is 6.68. The second-order valence-corrected chi connectivity index (χ2v) is 9.59. The summed E-state index contributed by atoms with van der Waals surface area (Å²) in [5.74, 6) is 0. The zero-order chi connectivity index (χ0) is 18.9. The number of hydrogen-bond acceptors (Lipinski definition) is 3. The third-order valence-corrected chi connectivity index (χ3v) is 6.13. The number of piperidine rings is 1. The normalized spacial score (nSPS) is 21.6. The Balaban J connectivity index is 1.54. The number of ether oxygens (including phenoxy) is 1. The summed E-state index contributed by atoms with van der Waals surface area (Å²) in [5, 5.41) is 0. The minimum Gasteiger partial charge on any atom is -0.444 e. The van der Waals surface area contributed by atoms with Gasteiger partial charge in [0.2, 0.25) is 0 Å². The summed E-state index contributed by atoms with van der Waals surface area (Å²) in [6, 6.07) is 7.83. The molecular formula is C21H31BrN2O2. The van der Waals surface area contributed by atoms with E-state index in [0.29, 0.717) is 12.1 Å². The van der Waals surface area contributed by atoms with Gasteiger partial charge in [0.1, 0.15) is 5.60 Å². The Labute approximate surface area is 166 Å². The minimum atomic E-state index is -0.422.